The minimum absolute atomic E-state index is 0.0706. The summed E-state index contributed by atoms with van der Waals surface area (Å²) in [5, 5.41) is 9.31. The van der Waals surface area contributed by atoms with Crippen LogP contribution in [0.25, 0.3) is 11.3 Å². The molecule has 3 aromatic rings. The molecule has 0 radical (unpaired) electrons. The highest BCUT2D eigenvalue weighted by atomic mass is 79.9. The van der Waals surface area contributed by atoms with Gasteiger partial charge in [0.05, 0.1) is 11.9 Å². The van der Waals surface area contributed by atoms with Crippen molar-refractivity contribution in [3.63, 3.8) is 0 Å². The fraction of sp³-hybridized carbons (Fsp3) is 0.0556. The molecule has 0 atom stereocenters. The van der Waals surface area contributed by atoms with E-state index in [4.69, 9.17) is 0 Å². The van der Waals surface area contributed by atoms with Gasteiger partial charge in [-0.2, -0.15) is 5.10 Å². The van der Waals surface area contributed by atoms with Crippen molar-refractivity contribution in [2.45, 2.75) is 0 Å². The SMILES string of the molecule is O=C(CN/N=C/c1ccccc1Br)Nc1nc(-c2ccccc2)cs1. The Morgan fingerprint density at radius 2 is 1.92 bits per heavy atom. The first kappa shape index (κ1) is 17.3. The molecule has 0 unspecified atom stereocenters. The van der Waals surface area contributed by atoms with Crippen molar-refractivity contribution in [2.24, 2.45) is 5.10 Å². The van der Waals surface area contributed by atoms with Crippen molar-refractivity contribution in [1.29, 1.82) is 0 Å². The van der Waals surface area contributed by atoms with Gasteiger partial charge in [-0.1, -0.05) is 64.5 Å². The molecule has 0 aliphatic heterocycles. The molecule has 2 N–H and O–H groups in total. The van der Waals surface area contributed by atoms with Gasteiger partial charge in [0, 0.05) is 21.0 Å². The van der Waals surface area contributed by atoms with E-state index in [1.165, 1.54) is 11.3 Å². The molecule has 0 saturated heterocycles. The second kappa shape index (κ2) is 8.55. The number of hydrogen-bond donors (Lipinski definition) is 2. The summed E-state index contributed by atoms with van der Waals surface area (Å²) < 4.78 is 0.946. The predicted molar refractivity (Wildman–Crippen MR) is 106 cm³/mol. The lowest BCUT2D eigenvalue weighted by Crippen LogP contribution is -2.24. The van der Waals surface area contributed by atoms with Crippen LogP contribution in [-0.4, -0.2) is 23.7 Å². The Labute approximate surface area is 157 Å². The van der Waals surface area contributed by atoms with Crippen LogP contribution >= 0.6 is 27.3 Å². The molecule has 0 spiro atoms. The maximum absolute atomic E-state index is 11.9. The predicted octanol–water partition coefficient (Wildman–Crippen LogP) is 4.13. The second-order valence-electron chi connectivity index (χ2n) is 5.07. The van der Waals surface area contributed by atoms with E-state index in [1.54, 1.807) is 6.21 Å². The van der Waals surface area contributed by atoms with Crippen LogP contribution in [0, 0.1) is 0 Å². The number of thiazole rings is 1. The summed E-state index contributed by atoms with van der Waals surface area (Å²) in [6.07, 6.45) is 1.66. The Kier molecular flexibility index (Phi) is 5.92. The Morgan fingerprint density at radius 1 is 1.16 bits per heavy atom. The van der Waals surface area contributed by atoms with Crippen LogP contribution in [0.1, 0.15) is 5.56 Å². The van der Waals surface area contributed by atoms with Crippen molar-refractivity contribution in [3.8, 4) is 11.3 Å². The minimum Gasteiger partial charge on any atom is -0.301 e. The van der Waals surface area contributed by atoms with Gasteiger partial charge in [0.25, 0.3) is 0 Å². The van der Waals surface area contributed by atoms with Gasteiger partial charge in [-0.05, 0) is 6.07 Å². The minimum atomic E-state index is -0.196. The monoisotopic (exact) mass is 414 g/mol. The largest absolute Gasteiger partial charge is 0.301 e. The van der Waals surface area contributed by atoms with Crippen LogP contribution in [0.5, 0.6) is 0 Å². The molecule has 0 aliphatic rings. The third-order valence-electron chi connectivity index (χ3n) is 3.26. The number of hydrazone groups is 1. The number of aromatic nitrogens is 1. The summed E-state index contributed by atoms with van der Waals surface area (Å²) in [5.41, 5.74) is 5.54. The normalized spacial score (nSPS) is 10.8. The third-order valence-corrected chi connectivity index (χ3v) is 4.74. The van der Waals surface area contributed by atoms with E-state index in [-0.39, 0.29) is 12.5 Å². The highest BCUT2D eigenvalue weighted by Crippen LogP contribution is 2.24. The molecule has 0 bridgehead atoms. The standard InChI is InChI=1S/C18H15BrN4OS/c19-15-9-5-4-8-14(15)10-20-21-11-17(24)23-18-22-16(12-25-18)13-6-2-1-3-7-13/h1-10,12,21H,11H2,(H,22,23,24)/b20-10+. The molecule has 0 aliphatic carbocycles. The average Bonchev–Trinajstić information content (AvgIpc) is 3.09. The molecule has 25 heavy (non-hydrogen) atoms. The van der Waals surface area contributed by atoms with Crippen molar-refractivity contribution in [1.82, 2.24) is 10.4 Å². The Balaban J connectivity index is 1.50. The first-order chi connectivity index (χ1) is 12.2. The number of nitrogens with zero attached hydrogens (tertiary/aromatic N) is 2. The zero-order valence-corrected chi connectivity index (χ0v) is 15.5. The summed E-state index contributed by atoms with van der Waals surface area (Å²) in [5.74, 6) is -0.196. The molecule has 5 nitrogen and oxygen atoms in total. The average molecular weight is 415 g/mol. The molecule has 0 saturated carbocycles. The van der Waals surface area contributed by atoms with E-state index in [0.29, 0.717) is 5.13 Å². The van der Waals surface area contributed by atoms with Crippen molar-refractivity contribution in [3.05, 3.63) is 70.0 Å². The van der Waals surface area contributed by atoms with Crippen LogP contribution in [0.2, 0.25) is 0 Å². The Bertz CT molecular complexity index is 880. The Morgan fingerprint density at radius 3 is 2.72 bits per heavy atom. The zero-order valence-electron chi connectivity index (χ0n) is 13.1. The number of halogens is 1. The highest BCUT2D eigenvalue weighted by Gasteiger charge is 2.07. The first-order valence-electron chi connectivity index (χ1n) is 7.53. The van der Waals surface area contributed by atoms with E-state index in [1.807, 2.05) is 60.0 Å². The van der Waals surface area contributed by atoms with Crippen molar-refractivity contribution in [2.75, 3.05) is 11.9 Å². The number of rotatable bonds is 6. The van der Waals surface area contributed by atoms with Gasteiger partial charge in [0.1, 0.15) is 6.54 Å². The maximum atomic E-state index is 11.9. The van der Waals surface area contributed by atoms with Crippen molar-refractivity contribution >= 4 is 44.5 Å². The molecule has 7 heteroatoms. The van der Waals surface area contributed by atoms with Crippen molar-refractivity contribution < 1.29 is 4.79 Å². The third kappa shape index (κ3) is 4.98. The zero-order chi connectivity index (χ0) is 17.5. The lowest BCUT2D eigenvalue weighted by atomic mass is 10.2. The van der Waals surface area contributed by atoms with E-state index < -0.39 is 0 Å². The number of anilines is 1. The van der Waals surface area contributed by atoms with Crippen LogP contribution in [0.15, 0.2) is 69.6 Å². The number of nitrogens with one attached hydrogen (secondary N) is 2. The summed E-state index contributed by atoms with van der Waals surface area (Å²) in [6, 6.07) is 17.6. The summed E-state index contributed by atoms with van der Waals surface area (Å²) >= 11 is 4.83. The second-order valence-corrected chi connectivity index (χ2v) is 6.78. The van der Waals surface area contributed by atoms with Gasteiger partial charge in [-0.15, -0.1) is 11.3 Å². The molecule has 126 valence electrons. The molecule has 2 aromatic carbocycles. The number of amides is 1. The summed E-state index contributed by atoms with van der Waals surface area (Å²) in [4.78, 5) is 16.4. The Hall–Kier alpha value is -2.51. The fourth-order valence-corrected chi connectivity index (χ4v) is 3.17. The van der Waals surface area contributed by atoms with Crippen LogP contribution in [0.3, 0.4) is 0 Å². The number of hydrogen-bond acceptors (Lipinski definition) is 5. The summed E-state index contributed by atoms with van der Waals surface area (Å²) in [7, 11) is 0. The highest BCUT2D eigenvalue weighted by molar-refractivity contribution is 9.10. The number of benzene rings is 2. The van der Waals surface area contributed by atoms with E-state index in [2.05, 4.69) is 36.8 Å². The number of carbonyl (C=O) groups is 1. The van der Waals surface area contributed by atoms with E-state index >= 15 is 0 Å². The van der Waals surface area contributed by atoms with E-state index in [9.17, 15) is 4.79 Å². The van der Waals surface area contributed by atoms with Crippen LogP contribution < -0.4 is 10.7 Å². The van der Waals surface area contributed by atoms with Gasteiger partial charge in [-0.3, -0.25) is 4.79 Å². The van der Waals surface area contributed by atoms with E-state index in [0.717, 1.165) is 21.3 Å². The van der Waals surface area contributed by atoms with Gasteiger partial charge in [0.15, 0.2) is 5.13 Å². The van der Waals surface area contributed by atoms with Gasteiger partial charge >= 0.3 is 0 Å². The smallest absolute Gasteiger partial charge is 0.247 e. The van der Waals surface area contributed by atoms with Crippen LogP contribution in [0.4, 0.5) is 5.13 Å². The maximum Gasteiger partial charge on any atom is 0.247 e. The topological polar surface area (TPSA) is 66.4 Å². The molecular weight excluding hydrogens is 400 g/mol. The molecule has 1 aromatic heterocycles. The number of carbonyl (C=O) groups excluding carboxylic acids is 1. The first-order valence-corrected chi connectivity index (χ1v) is 9.21. The molecule has 1 heterocycles. The fourth-order valence-electron chi connectivity index (χ4n) is 2.05. The summed E-state index contributed by atoms with van der Waals surface area (Å²) in [6.45, 7) is 0.0706. The quantitative estimate of drug-likeness (QED) is 0.470. The molecule has 3 rings (SSSR count). The lowest BCUT2D eigenvalue weighted by Gasteiger charge is -2.01. The molecule has 1 amide bonds. The lowest BCUT2D eigenvalue weighted by molar-refractivity contribution is -0.115. The molecular formula is C18H15BrN4OS. The van der Waals surface area contributed by atoms with Gasteiger partial charge in [-0.25, -0.2) is 4.98 Å². The van der Waals surface area contributed by atoms with Crippen LogP contribution in [-0.2, 0) is 4.79 Å². The molecule has 0 fully saturated rings. The van der Waals surface area contributed by atoms with Gasteiger partial charge in [0.2, 0.25) is 5.91 Å². The van der Waals surface area contributed by atoms with Gasteiger partial charge < -0.3 is 10.7 Å².